The molecule has 0 bridgehead atoms. The van der Waals surface area contributed by atoms with Crippen molar-refractivity contribution in [3.05, 3.63) is 47.3 Å². The Kier molecular flexibility index (Phi) is 3.51. The van der Waals surface area contributed by atoms with E-state index in [9.17, 15) is 9.90 Å². The number of carbonyl (C=O) groups is 1. The van der Waals surface area contributed by atoms with Gasteiger partial charge < -0.3 is 10.0 Å². The number of aliphatic hydroxyl groups excluding tert-OH is 1. The summed E-state index contributed by atoms with van der Waals surface area (Å²) in [5.74, 6) is -0.0536. The van der Waals surface area contributed by atoms with Crippen molar-refractivity contribution in [3.63, 3.8) is 0 Å². The molecule has 0 fully saturated rings. The van der Waals surface area contributed by atoms with Crippen LogP contribution in [0, 0.1) is 6.92 Å². The molecule has 2 heterocycles. The molecule has 0 spiro atoms. The first-order valence-electron chi connectivity index (χ1n) is 7.17. The Labute approximate surface area is 123 Å². The molecule has 5 heteroatoms. The van der Waals surface area contributed by atoms with Gasteiger partial charge >= 0.3 is 0 Å². The highest BCUT2D eigenvalue weighted by molar-refractivity contribution is 6.07. The second-order valence-electron chi connectivity index (χ2n) is 5.44. The lowest BCUT2D eigenvalue weighted by Gasteiger charge is -2.23. The number of fused-ring (bicyclic) bond motifs is 1. The molecule has 1 aromatic heterocycles. The molecule has 2 aromatic rings. The van der Waals surface area contributed by atoms with Crippen molar-refractivity contribution in [2.75, 3.05) is 11.4 Å². The molecule has 0 saturated carbocycles. The van der Waals surface area contributed by atoms with Crippen LogP contribution >= 0.6 is 0 Å². The number of benzene rings is 1. The van der Waals surface area contributed by atoms with Crippen LogP contribution in [0.5, 0.6) is 0 Å². The molecule has 0 radical (unpaired) electrons. The third-order valence-corrected chi connectivity index (χ3v) is 4.16. The summed E-state index contributed by atoms with van der Waals surface area (Å²) in [6.45, 7) is 2.50. The van der Waals surface area contributed by atoms with Crippen LogP contribution in [0.4, 0.5) is 5.69 Å². The predicted octanol–water partition coefficient (Wildman–Crippen LogP) is 2.20. The van der Waals surface area contributed by atoms with Crippen LogP contribution in [0.15, 0.2) is 30.5 Å². The smallest absolute Gasteiger partial charge is 0.261 e. The van der Waals surface area contributed by atoms with Gasteiger partial charge in [-0.25, -0.2) is 0 Å². The predicted molar refractivity (Wildman–Crippen MR) is 80.3 cm³/mol. The van der Waals surface area contributed by atoms with Crippen LogP contribution in [0.3, 0.4) is 0 Å². The number of hydrogen-bond acceptors (Lipinski definition) is 3. The number of hydrogen-bond donors (Lipinski definition) is 1. The highest BCUT2D eigenvalue weighted by Gasteiger charge is 2.27. The van der Waals surface area contributed by atoms with Crippen molar-refractivity contribution in [1.29, 1.82) is 0 Å². The molecule has 0 saturated heterocycles. The zero-order valence-corrected chi connectivity index (χ0v) is 12.3. The molecule has 1 N–H and O–H groups in total. The van der Waals surface area contributed by atoms with E-state index in [1.165, 1.54) is 0 Å². The fourth-order valence-corrected chi connectivity index (χ4v) is 2.80. The number of aliphatic hydroxyl groups is 1. The summed E-state index contributed by atoms with van der Waals surface area (Å²) < 4.78 is 1.70. The van der Waals surface area contributed by atoms with E-state index in [1.807, 2.05) is 38.2 Å². The largest absolute Gasteiger partial charge is 0.388 e. The summed E-state index contributed by atoms with van der Waals surface area (Å²) in [4.78, 5) is 14.6. The van der Waals surface area contributed by atoms with E-state index >= 15 is 0 Å². The van der Waals surface area contributed by atoms with Crippen LogP contribution in [0.2, 0.25) is 0 Å². The molecule has 1 atom stereocenters. The quantitative estimate of drug-likeness (QED) is 0.874. The Hall–Kier alpha value is -2.14. The molecule has 21 heavy (non-hydrogen) atoms. The molecular formula is C16H19N3O2. The van der Waals surface area contributed by atoms with Crippen LogP contribution in [0.1, 0.15) is 40.6 Å². The van der Waals surface area contributed by atoms with Gasteiger partial charge in [0.15, 0.2) is 0 Å². The topological polar surface area (TPSA) is 58.4 Å². The summed E-state index contributed by atoms with van der Waals surface area (Å²) >= 11 is 0. The monoisotopic (exact) mass is 285 g/mol. The maximum Gasteiger partial charge on any atom is 0.261 e. The molecule has 3 rings (SSSR count). The first kappa shape index (κ1) is 13.8. The van der Waals surface area contributed by atoms with Gasteiger partial charge in [0.1, 0.15) is 0 Å². The molecule has 5 nitrogen and oxygen atoms in total. The van der Waals surface area contributed by atoms with Gasteiger partial charge in [0.2, 0.25) is 0 Å². The Morgan fingerprint density at radius 3 is 2.86 bits per heavy atom. The van der Waals surface area contributed by atoms with Crippen LogP contribution < -0.4 is 4.90 Å². The van der Waals surface area contributed by atoms with Gasteiger partial charge in [-0.1, -0.05) is 18.2 Å². The van der Waals surface area contributed by atoms with Crippen LogP contribution in [-0.4, -0.2) is 27.3 Å². The first-order chi connectivity index (χ1) is 10.1. The highest BCUT2D eigenvalue weighted by atomic mass is 16.3. The Morgan fingerprint density at radius 2 is 2.14 bits per heavy atom. The second-order valence-corrected chi connectivity index (χ2v) is 5.44. The van der Waals surface area contributed by atoms with Crippen molar-refractivity contribution in [2.24, 2.45) is 7.05 Å². The number of amides is 1. The van der Waals surface area contributed by atoms with E-state index in [2.05, 4.69) is 5.10 Å². The SMILES string of the molecule is Cc1c(C(=O)N2CCCC(O)c3ccccc32)cnn1C. The zero-order valence-electron chi connectivity index (χ0n) is 12.3. The van der Waals surface area contributed by atoms with Crippen molar-refractivity contribution >= 4 is 11.6 Å². The third-order valence-electron chi connectivity index (χ3n) is 4.16. The Bertz CT molecular complexity index is 678. The lowest BCUT2D eigenvalue weighted by molar-refractivity contribution is 0.0986. The fourth-order valence-electron chi connectivity index (χ4n) is 2.80. The molecule has 110 valence electrons. The maximum absolute atomic E-state index is 12.8. The van der Waals surface area contributed by atoms with Crippen LogP contribution in [-0.2, 0) is 7.05 Å². The summed E-state index contributed by atoms with van der Waals surface area (Å²) in [7, 11) is 1.83. The van der Waals surface area contributed by atoms with E-state index in [4.69, 9.17) is 0 Å². The van der Waals surface area contributed by atoms with E-state index in [0.29, 0.717) is 18.5 Å². The van der Waals surface area contributed by atoms with E-state index < -0.39 is 6.10 Å². The molecule has 0 aliphatic carbocycles. The van der Waals surface area contributed by atoms with E-state index in [0.717, 1.165) is 23.4 Å². The number of aryl methyl sites for hydroxylation is 1. The minimum atomic E-state index is -0.506. The van der Waals surface area contributed by atoms with Crippen LogP contribution in [0.25, 0.3) is 0 Å². The van der Waals surface area contributed by atoms with Crippen molar-refractivity contribution in [1.82, 2.24) is 9.78 Å². The summed E-state index contributed by atoms with van der Waals surface area (Å²) in [6, 6.07) is 7.58. The normalized spacial score (nSPS) is 18.2. The van der Waals surface area contributed by atoms with Gasteiger partial charge in [-0.2, -0.15) is 5.10 Å². The average molecular weight is 285 g/mol. The number of anilines is 1. The average Bonchev–Trinajstić information content (AvgIpc) is 2.73. The fraction of sp³-hybridized carbons (Fsp3) is 0.375. The molecule has 1 amide bonds. The number of nitrogens with zero attached hydrogens (tertiary/aromatic N) is 3. The number of para-hydroxylation sites is 1. The highest BCUT2D eigenvalue weighted by Crippen LogP contribution is 2.33. The Morgan fingerprint density at radius 1 is 1.38 bits per heavy atom. The zero-order chi connectivity index (χ0) is 15.0. The van der Waals surface area contributed by atoms with Crippen molar-refractivity contribution in [2.45, 2.75) is 25.9 Å². The standard InChI is InChI=1S/C16H19N3O2/c1-11-13(10-17-18(11)2)16(21)19-9-5-8-15(20)12-6-3-4-7-14(12)19/h3-4,6-7,10,15,20H,5,8-9H2,1-2H3. The summed E-state index contributed by atoms with van der Waals surface area (Å²) in [5.41, 5.74) is 3.09. The molecular weight excluding hydrogens is 266 g/mol. The first-order valence-corrected chi connectivity index (χ1v) is 7.17. The van der Waals surface area contributed by atoms with Gasteiger partial charge in [0.05, 0.1) is 17.9 Å². The number of rotatable bonds is 1. The van der Waals surface area contributed by atoms with Gasteiger partial charge in [-0.15, -0.1) is 0 Å². The maximum atomic E-state index is 12.8. The number of aromatic nitrogens is 2. The van der Waals surface area contributed by atoms with Gasteiger partial charge in [0, 0.05) is 30.5 Å². The third kappa shape index (κ3) is 2.34. The van der Waals surface area contributed by atoms with Gasteiger partial charge in [-0.05, 0) is 25.8 Å². The lowest BCUT2D eigenvalue weighted by Crippen LogP contribution is -2.32. The van der Waals surface area contributed by atoms with Crippen molar-refractivity contribution in [3.8, 4) is 0 Å². The van der Waals surface area contributed by atoms with Gasteiger partial charge in [-0.3, -0.25) is 9.48 Å². The molecule has 1 unspecified atom stereocenters. The minimum Gasteiger partial charge on any atom is -0.388 e. The minimum absolute atomic E-state index is 0.0536. The summed E-state index contributed by atoms with van der Waals surface area (Å²) in [5, 5.41) is 14.4. The van der Waals surface area contributed by atoms with E-state index in [1.54, 1.807) is 15.8 Å². The lowest BCUT2D eigenvalue weighted by atomic mass is 10.0. The summed E-state index contributed by atoms with van der Waals surface area (Å²) in [6.07, 6.45) is 2.56. The van der Waals surface area contributed by atoms with Crippen molar-refractivity contribution < 1.29 is 9.90 Å². The van der Waals surface area contributed by atoms with E-state index in [-0.39, 0.29) is 5.91 Å². The second kappa shape index (κ2) is 5.33. The molecule has 1 aliphatic heterocycles. The Balaban J connectivity index is 2.04. The molecule has 1 aliphatic rings. The molecule has 1 aromatic carbocycles. The number of carbonyl (C=O) groups excluding carboxylic acids is 1. The van der Waals surface area contributed by atoms with Gasteiger partial charge in [0.25, 0.3) is 5.91 Å².